The van der Waals surface area contributed by atoms with E-state index < -0.39 is 12.0 Å². The van der Waals surface area contributed by atoms with Gasteiger partial charge in [0.05, 0.1) is 12.5 Å². The lowest BCUT2D eigenvalue weighted by Crippen LogP contribution is -2.44. The largest absolute Gasteiger partial charge is 0.481 e. The molecule has 0 radical (unpaired) electrons. The molecule has 3 N–H and O–H groups in total. The number of nitrogens with two attached hydrogens (primary N) is 1. The fraction of sp³-hybridized carbons (Fsp3) is 0.429. The molecule has 0 aliphatic rings. The molecule has 0 aliphatic carbocycles. The predicted molar refractivity (Wildman–Crippen MR) is 74.1 cm³/mol. The van der Waals surface area contributed by atoms with Gasteiger partial charge in [-0.1, -0.05) is 24.6 Å². The number of carboxylic acid groups (broad SMARTS) is 1. The zero-order chi connectivity index (χ0) is 14.4. The molecule has 1 amide bonds. The van der Waals surface area contributed by atoms with E-state index in [9.17, 15) is 9.59 Å². The Labute approximate surface area is 113 Å². The Morgan fingerprint density at radius 2 is 1.89 bits per heavy atom. The summed E-state index contributed by atoms with van der Waals surface area (Å²) < 4.78 is 0. The number of nitrogens with zero attached hydrogens (tertiary/aromatic N) is 1. The number of carbonyl (C=O) groups is 2. The van der Waals surface area contributed by atoms with Crippen LogP contribution in [0.1, 0.15) is 25.3 Å². The van der Waals surface area contributed by atoms with Crippen molar-refractivity contribution < 1.29 is 14.7 Å². The Kier molecular flexibility index (Phi) is 5.51. The average Bonchev–Trinajstić information content (AvgIpc) is 2.39. The SMILES string of the molecule is CC[C@@H](N)C(=O)N(CCC(=O)O)c1ccc(C)cc1. The van der Waals surface area contributed by atoms with Gasteiger partial charge in [-0.05, 0) is 25.5 Å². The lowest BCUT2D eigenvalue weighted by atomic mass is 10.1. The van der Waals surface area contributed by atoms with Crippen molar-refractivity contribution >= 4 is 17.6 Å². The third kappa shape index (κ3) is 4.37. The van der Waals surface area contributed by atoms with Crippen LogP contribution in [0.15, 0.2) is 24.3 Å². The zero-order valence-corrected chi connectivity index (χ0v) is 11.3. The summed E-state index contributed by atoms with van der Waals surface area (Å²) >= 11 is 0. The lowest BCUT2D eigenvalue weighted by Gasteiger charge is -2.25. The molecule has 0 bridgehead atoms. The normalized spacial score (nSPS) is 11.9. The van der Waals surface area contributed by atoms with Crippen molar-refractivity contribution in [2.45, 2.75) is 32.7 Å². The van der Waals surface area contributed by atoms with E-state index >= 15 is 0 Å². The van der Waals surface area contributed by atoms with Crippen molar-refractivity contribution in [1.29, 1.82) is 0 Å². The van der Waals surface area contributed by atoms with Crippen LogP contribution in [0.5, 0.6) is 0 Å². The van der Waals surface area contributed by atoms with E-state index in [1.54, 1.807) is 12.1 Å². The van der Waals surface area contributed by atoms with E-state index in [-0.39, 0.29) is 18.9 Å². The topological polar surface area (TPSA) is 83.6 Å². The molecule has 0 fully saturated rings. The Morgan fingerprint density at radius 3 is 2.37 bits per heavy atom. The summed E-state index contributed by atoms with van der Waals surface area (Å²) in [5, 5.41) is 8.76. The first kappa shape index (κ1) is 15.2. The predicted octanol–water partition coefficient (Wildman–Crippen LogP) is 1.54. The minimum atomic E-state index is -0.935. The van der Waals surface area contributed by atoms with Gasteiger partial charge >= 0.3 is 5.97 Å². The summed E-state index contributed by atoms with van der Waals surface area (Å²) in [6.07, 6.45) is 0.421. The van der Waals surface area contributed by atoms with Crippen LogP contribution >= 0.6 is 0 Å². The molecule has 1 aromatic carbocycles. The Hall–Kier alpha value is -1.88. The maximum absolute atomic E-state index is 12.2. The van der Waals surface area contributed by atoms with Gasteiger partial charge in [-0.2, -0.15) is 0 Å². The van der Waals surface area contributed by atoms with Crippen LogP contribution < -0.4 is 10.6 Å². The fourth-order valence-corrected chi connectivity index (χ4v) is 1.67. The number of hydrogen-bond donors (Lipinski definition) is 2. The summed E-state index contributed by atoms with van der Waals surface area (Å²) in [6, 6.07) is 6.77. The highest BCUT2D eigenvalue weighted by atomic mass is 16.4. The molecule has 5 nitrogen and oxygen atoms in total. The molecule has 0 aliphatic heterocycles. The highest BCUT2D eigenvalue weighted by molar-refractivity contribution is 5.97. The van der Waals surface area contributed by atoms with Gasteiger partial charge in [0.25, 0.3) is 0 Å². The second kappa shape index (κ2) is 6.89. The van der Waals surface area contributed by atoms with Crippen molar-refractivity contribution in [2.75, 3.05) is 11.4 Å². The van der Waals surface area contributed by atoms with Crippen LogP contribution in [-0.2, 0) is 9.59 Å². The third-order valence-electron chi connectivity index (χ3n) is 2.92. The molecule has 1 rings (SSSR count). The summed E-state index contributed by atoms with van der Waals surface area (Å²) in [5.41, 5.74) is 7.51. The van der Waals surface area contributed by atoms with Crippen molar-refractivity contribution in [3.05, 3.63) is 29.8 Å². The molecule has 19 heavy (non-hydrogen) atoms. The van der Waals surface area contributed by atoms with Gasteiger partial charge in [-0.3, -0.25) is 9.59 Å². The van der Waals surface area contributed by atoms with Crippen LogP contribution in [0.4, 0.5) is 5.69 Å². The molecule has 1 atom stereocenters. The van der Waals surface area contributed by atoms with Crippen LogP contribution in [0.25, 0.3) is 0 Å². The lowest BCUT2D eigenvalue weighted by molar-refractivity contribution is -0.136. The molecule has 0 saturated heterocycles. The number of aryl methyl sites for hydroxylation is 1. The average molecular weight is 264 g/mol. The van der Waals surface area contributed by atoms with Crippen molar-refractivity contribution in [3.8, 4) is 0 Å². The monoisotopic (exact) mass is 264 g/mol. The van der Waals surface area contributed by atoms with E-state index in [0.717, 1.165) is 5.56 Å². The first-order valence-electron chi connectivity index (χ1n) is 6.31. The van der Waals surface area contributed by atoms with E-state index in [1.165, 1.54) is 4.90 Å². The van der Waals surface area contributed by atoms with E-state index in [0.29, 0.717) is 12.1 Å². The number of carboxylic acids is 1. The summed E-state index contributed by atoms with van der Waals surface area (Å²) in [7, 11) is 0. The van der Waals surface area contributed by atoms with Crippen molar-refractivity contribution in [3.63, 3.8) is 0 Å². The maximum Gasteiger partial charge on any atom is 0.305 e. The molecule has 0 saturated carbocycles. The number of rotatable bonds is 6. The quantitative estimate of drug-likeness (QED) is 0.816. The van der Waals surface area contributed by atoms with Crippen LogP contribution in [0, 0.1) is 6.92 Å². The molecule has 0 heterocycles. The number of anilines is 1. The standard InChI is InChI=1S/C14H20N2O3/c1-3-12(15)14(19)16(9-8-13(17)18)11-6-4-10(2)5-7-11/h4-7,12H,3,8-9,15H2,1-2H3,(H,17,18)/t12-/m1/s1. The highest BCUT2D eigenvalue weighted by Gasteiger charge is 2.21. The van der Waals surface area contributed by atoms with Gasteiger partial charge in [0.1, 0.15) is 0 Å². The maximum atomic E-state index is 12.2. The fourth-order valence-electron chi connectivity index (χ4n) is 1.67. The highest BCUT2D eigenvalue weighted by Crippen LogP contribution is 2.17. The molecule has 1 aromatic rings. The van der Waals surface area contributed by atoms with Gasteiger partial charge in [0.15, 0.2) is 0 Å². The summed E-state index contributed by atoms with van der Waals surface area (Å²) in [5.74, 6) is -1.18. The minimum absolute atomic E-state index is 0.101. The number of carbonyl (C=O) groups excluding carboxylic acids is 1. The third-order valence-corrected chi connectivity index (χ3v) is 2.92. The van der Waals surface area contributed by atoms with Gasteiger partial charge in [0.2, 0.25) is 5.91 Å². The van der Waals surface area contributed by atoms with Gasteiger partial charge in [-0.15, -0.1) is 0 Å². The Bertz CT molecular complexity index is 443. The van der Waals surface area contributed by atoms with Crippen molar-refractivity contribution in [1.82, 2.24) is 0 Å². The second-order valence-corrected chi connectivity index (χ2v) is 4.48. The minimum Gasteiger partial charge on any atom is -0.481 e. The van der Waals surface area contributed by atoms with Crippen LogP contribution in [0.2, 0.25) is 0 Å². The second-order valence-electron chi connectivity index (χ2n) is 4.48. The molecule has 104 valence electrons. The van der Waals surface area contributed by atoms with Gasteiger partial charge in [0, 0.05) is 12.2 Å². The van der Waals surface area contributed by atoms with Gasteiger partial charge < -0.3 is 15.7 Å². The molecule has 0 aromatic heterocycles. The molecular weight excluding hydrogens is 244 g/mol. The zero-order valence-electron chi connectivity index (χ0n) is 11.3. The first-order chi connectivity index (χ1) is 8.95. The molecule has 0 unspecified atom stereocenters. The summed E-state index contributed by atoms with van der Waals surface area (Å²) in [4.78, 5) is 24.3. The first-order valence-corrected chi connectivity index (χ1v) is 6.31. The number of benzene rings is 1. The van der Waals surface area contributed by atoms with E-state index in [1.807, 2.05) is 26.0 Å². The summed E-state index contributed by atoms with van der Waals surface area (Å²) in [6.45, 7) is 3.91. The Balaban J connectivity index is 2.94. The number of aliphatic carboxylic acids is 1. The molecule has 0 spiro atoms. The smallest absolute Gasteiger partial charge is 0.305 e. The van der Waals surface area contributed by atoms with Crippen LogP contribution in [-0.4, -0.2) is 29.6 Å². The van der Waals surface area contributed by atoms with E-state index in [4.69, 9.17) is 10.8 Å². The number of hydrogen-bond acceptors (Lipinski definition) is 3. The van der Waals surface area contributed by atoms with Crippen molar-refractivity contribution in [2.24, 2.45) is 5.73 Å². The Morgan fingerprint density at radius 1 is 1.32 bits per heavy atom. The van der Waals surface area contributed by atoms with Crippen LogP contribution in [0.3, 0.4) is 0 Å². The molecule has 5 heteroatoms. The van der Waals surface area contributed by atoms with Gasteiger partial charge in [-0.25, -0.2) is 0 Å². The van der Waals surface area contributed by atoms with E-state index in [2.05, 4.69) is 0 Å². The molecular formula is C14H20N2O3. The number of amides is 1.